The molecule has 1 saturated heterocycles. The Bertz CT molecular complexity index is 365. The third kappa shape index (κ3) is 3.28. The van der Waals surface area contributed by atoms with Gasteiger partial charge < -0.3 is 10.1 Å². The lowest BCUT2D eigenvalue weighted by Gasteiger charge is -2.22. The average molecular weight is 237 g/mol. The van der Waals surface area contributed by atoms with Crippen LogP contribution in [0.1, 0.15) is 18.4 Å². The van der Waals surface area contributed by atoms with Crippen molar-refractivity contribution in [2.75, 3.05) is 30.5 Å². The van der Waals surface area contributed by atoms with E-state index in [1.807, 2.05) is 6.92 Å². The Balaban J connectivity index is 1.92. The molecule has 0 aliphatic carbocycles. The normalized spacial score (nSPS) is 16.8. The molecule has 1 fully saturated rings. The minimum Gasteiger partial charge on any atom is -0.381 e. The number of aromatic nitrogens is 2. The Morgan fingerprint density at radius 3 is 2.94 bits per heavy atom. The molecule has 1 aliphatic rings. The van der Waals surface area contributed by atoms with Crippen LogP contribution in [0.3, 0.4) is 0 Å². The summed E-state index contributed by atoms with van der Waals surface area (Å²) in [4.78, 5) is 8.33. The van der Waals surface area contributed by atoms with Gasteiger partial charge in [0.25, 0.3) is 0 Å². The minimum atomic E-state index is 0.435. The molecule has 0 radical (unpaired) electrons. The highest BCUT2D eigenvalue weighted by Crippen LogP contribution is 2.17. The predicted octanol–water partition coefficient (Wildman–Crippen LogP) is 0.909. The summed E-state index contributed by atoms with van der Waals surface area (Å²) in [5.41, 5.74) is 3.47. The van der Waals surface area contributed by atoms with Gasteiger partial charge in [0.05, 0.1) is 0 Å². The lowest BCUT2D eigenvalue weighted by molar-refractivity contribution is 0.0699. The molecule has 1 aromatic heterocycles. The first-order valence-electron chi connectivity index (χ1n) is 5.91. The van der Waals surface area contributed by atoms with Crippen LogP contribution in [0.4, 0.5) is 11.8 Å². The number of nitrogens with zero attached hydrogens (tertiary/aromatic N) is 2. The van der Waals surface area contributed by atoms with Crippen molar-refractivity contribution < 1.29 is 4.74 Å². The van der Waals surface area contributed by atoms with Gasteiger partial charge in [0.1, 0.15) is 5.82 Å². The van der Waals surface area contributed by atoms with Gasteiger partial charge in [-0.3, -0.25) is 5.43 Å². The standard InChI is InChI=1S/C11H19N5O/c1-8-6-14-11(16-12)15-10(8)13-7-9-2-4-17-5-3-9/h6,9H,2-5,7,12H2,1H3,(H2,13,14,15,16). The lowest BCUT2D eigenvalue weighted by atomic mass is 10.0. The molecule has 0 spiro atoms. The second-order valence-electron chi connectivity index (χ2n) is 4.31. The highest BCUT2D eigenvalue weighted by atomic mass is 16.5. The number of ether oxygens (including phenoxy) is 1. The van der Waals surface area contributed by atoms with E-state index in [9.17, 15) is 0 Å². The second kappa shape index (κ2) is 5.79. The molecule has 0 amide bonds. The summed E-state index contributed by atoms with van der Waals surface area (Å²) in [7, 11) is 0. The van der Waals surface area contributed by atoms with Crippen molar-refractivity contribution in [2.45, 2.75) is 19.8 Å². The molecule has 6 nitrogen and oxygen atoms in total. The maximum atomic E-state index is 5.33. The Morgan fingerprint density at radius 2 is 2.24 bits per heavy atom. The van der Waals surface area contributed by atoms with Crippen molar-refractivity contribution in [3.63, 3.8) is 0 Å². The molecular weight excluding hydrogens is 218 g/mol. The van der Waals surface area contributed by atoms with Gasteiger partial charge in [0, 0.05) is 31.5 Å². The van der Waals surface area contributed by atoms with E-state index >= 15 is 0 Å². The van der Waals surface area contributed by atoms with Crippen LogP contribution in [0.15, 0.2) is 6.20 Å². The van der Waals surface area contributed by atoms with E-state index in [-0.39, 0.29) is 0 Å². The minimum absolute atomic E-state index is 0.435. The highest BCUT2D eigenvalue weighted by molar-refractivity contribution is 5.45. The zero-order valence-electron chi connectivity index (χ0n) is 10.1. The zero-order valence-corrected chi connectivity index (χ0v) is 10.1. The second-order valence-corrected chi connectivity index (χ2v) is 4.31. The maximum absolute atomic E-state index is 5.33. The van der Waals surface area contributed by atoms with Crippen LogP contribution in [0.2, 0.25) is 0 Å². The number of anilines is 2. The van der Waals surface area contributed by atoms with Crippen LogP contribution < -0.4 is 16.6 Å². The largest absolute Gasteiger partial charge is 0.381 e. The summed E-state index contributed by atoms with van der Waals surface area (Å²) in [6, 6.07) is 0. The maximum Gasteiger partial charge on any atom is 0.239 e. The fraction of sp³-hybridized carbons (Fsp3) is 0.636. The first kappa shape index (κ1) is 12.1. The summed E-state index contributed by atoms with van der Waals surface area (Å²) in [6.07, 6.45) is 3.98. The SMILES string of the molecule is Cc1cnc(NN)nc1NCC1CCOCC1. The molecule has 0 saturated carbocycles. The van der Waals surface area contributed by atoms with Crippen molar-refractivity contribution in [1.29, 1.82) is 0 Å². The van der Waals surface area contributed by atoms with Gasteiger partial charge >= 0.3 is 0 Å². The van der Waals surface area contributed by atoms with E-state index in [4.69, 9.17) is 10.6 Å². The van der Waals surface area contributed by atoms with Gasteiger partial charge in [-0.05, 0) is 25.7 Å². The number of hydrogen-bond donors (Lipinski definition) is 3. The first-order chi connectivity index (χ1) is 8.29. The molecule has 0 aromatic carbocycles. The quantitative estimate of drug-likeness (QED) is 0.533. The Morgan fingerprint density at radius 1 is 1.47 bits per heavy atom. The molecule has 2 rings (SSSR count). The van der Waals surface area contributed by atoms with E-state index < -0.39 is 0 Å². The summed E-state index contributed by atoms with van der Waals surface area (Å²) < 4.78 is 5.33. The van der Waals surface area contributed by atoms with Gasteiger partial charge in [0.15, 0.2) is 0 Å². The Kier molecular flexibility index (Phi) is 4.11. The molecule has 2 heterocycles. The molecule has 0 bridgehead atoms. The monoisotopic (exact) mass is 237 g/mol. The summed E-state index contributed by atoms with van der Waals surface area (Å²) in [5, 5.41) is 3.36. The van der Waals surface area contributed by atoms with Crippen molar-refractivity contribution in [2.24, 2.45) is 11.8 Å². The van der Waals surface area contributed by atoms with Crippen molar-refractivity contribution in [3.05, 3.63) is 11.8 Å². The topological polar surface area (TPSA) is 85.1 Å². The lowest BCUT2D eigenvalue weighted by Crippen LogP contribution is -2.23. The third-order valence-electron chi connectivity index (χ3n) is 3.00. The van der Waals surface area contributed by atoms with Gasteiger partial charge in [-0.1, -0.05) is 0 Å². The summed E-state index contributed by atoms with van der Waals surface area (Å²) in [5.74, 6) is 7.23. The van der Waals surface area contributed by atoms with Crippen molar-refractivity contribution in [1.82, 2.24) is 9.97 Å². The molecule has 94 valence electrons. The van der Waals surface area contributed by atoms with Gasteiger partial charge in [-0.25, -0.2) is 10.8 Å². The number of hydrazine groups is 1. The van der Waals surface area contributed by atoms with E-state index in [1.54, 1.807) is 6.20 Å². The predicted molar refractivity (Wildman–Crippen MR) is 66.6 cm³/mol. The number of nitrogens with one attached hydrogen (secondary N) is 2. The Hall–Kier alpha value is -1.40. The van der Waals surface area contributed by atoms with Crippen LogP contribution in [0.5, 0.6) is 0 Å². The van der Waals surface area contributed by atoms with E-state index in [1.165, 1.54) is 0 Å². The van der Waals surface area contributed by atoms with Crippen LogP contribution in [-0.2, 0) is 4.74 Å². The Labute approximate surface area is 101 Å². The molecule has 1 aliphatic heterocycles. The molecule has 4 N–H and O–H groups in total. The number of nitrogens with two attached hydrogens (primary N) is 1. The number of rotatable bonds is 4. The van der Waals surface area contributed by atoms with E-state index in [0.29, 0.717) is 11.9 Å². The van der Waals surface area contributed by atoms with Crippen molar-refractivity contribution in [3.8, 4) is 0 Å². The molecular formula is C11H19N5O. The fourth-order valence-corrected chi connectivity index (χ4v) is 1.88. The number of nitrogen functional groups attached to an aromatic ring is 1. The van der Waals surface area contributed by atoms with Crippen molar-refractivity contribution >= 4 is 11.8 Å². The first-order valence-corrected chi connectivity index (χ1v) is 5.91. The van der Waals surface area contributed by atoms with Crippen LogP contribution in [-0.4, -0.2) is 29.7 Å². The summed E-state index contributed by atoms with van der Waals surface area (Å²) in [6.45, 7) is 4.63. The van der Waals surface area contributed by atoms with E-state index in [0.717, 1.165) is 44.0 Å². The fourth-order valence-electron chi connectivity index (χ4n) is 1.88. The molecule has 17 heavy (non-hydrogen) atoms. The van der Waals surface area contributed by atoms with Crippen LogP contribution in [0.25, 0.3) is 0 Å². The molecule has 0 atom stereocenters. The number of hydrogen-bond acceptors (Lipinski definition) is 6. The summed E-state index contributed by atoms with van der Waals surface area (Å²) >= 11 is 0. The molecule has 0 unspecified atom stereocenters. The van der Waals surface area contributed by atoms with Gasteiger partial charge in [-0.15, -0.1) is 0 Å². The zero-order chi connectivity index (χ0) is 12.1. The van der Waals surface area contributed by atoms with Gasteiger partial charge in [0.2, 0.25) is 5.95 Å². The molecule has 6 heteroatoms. The highest BCUT2D eigenvalue weighted by Gasteiger charge is 2.14. The third-order valence-corrected chi connectivity index (χ3v) is 3.00. The van der Waals surface area contributed by atoms with Crippen LogP contribution in [0, 0.1) is 12.8 Å². The average Bonchev–Trinajstić information content (AvgIpc) is 2.39. The van der Waals surface area contributed by atoms with E-state index in [2.05, 4.69) is 20.7 Å². The molecule has 1 aromatic rings. The number of aryl methyl sites for hydroxylation is 1. The van der Waals surface area contributed by atoms with Crippen LogP contribution >= 0.6 is 0 Å². The smallest absolute Gasteiger partial charge is 0.239 e. The van der Waals surface area contributed by atoms with Gasteiger partial charge in [-0.2, -0.15) is 4.98 Å².